The molecular weight excluding hydrogens is 510 g/mol. The van der Waals surface area contributed by atoms with Crippen molar-refractivity contribution in [1.82, 2.24) is 0 Å². The zero-order valence-electron chi connectivity index (χ0n) is 22.9. The lowest BCUT2D eigenvalue weighted by atomic mass is 9.85. The van der Waals surface area contributed by atoms with Gasteiger partial charge in [-0.2, -0.15) is 0 Å². The van der Waals surface area contributed by atoms with Crippen LogP contribution in [0.25, 0.3) is 16.7 Å². The predicted octanol–water partition coefficient (Wildman–Crippen LogP) is 6.79. The summed E-state index contributed by atoms with van der Waals surface area (Å²) in [4.78, 5) is 29.8. The molecule has 1 saturated heterocycles. The maximum Gasteiger partial charge on any atom is 0.238 e. The van der Waals surface area contributed by atoms with Crippen molar-refractivity contribution in [2.75, 3.05) is 19.1 Å². The molecule has 1 heterocycles. The molecule has 202 valence electrons. The van der Waals surface area contributed by atoms with Crippen molar-refractivity contribution in [3.05, 3.63) is 132 Å². The lowest BCUT2D eigenvalue weighted by Crippen LogP contribution is -2.33. The molecule has 2 amide bonds. The Labute approximate surface area is 239 Å². The van der Waals surface area contributed by atoms with Crippen molar-refractivity contribution in [3.63, 3.8) is 0 Å². The number of rotatable bonds is 6. The van der Waals surface area contributed by atoms with Crippen molar-refractivity contribution in [3.8, 4) is 22.6 Å². The highest BCUT2D eigenvalue weighted by Gasteiger charge is 2.62. The van der Waals surface area contributed by atoms with Gasteiger partial charge in [-0.3, -0.25) is 9.59 Å². The molecule has 2 fully saturated rings. The van der Waals surface area contributed by atoms with Crippen LogP contribution in [0.1, 0.15) is 11.1 Å². The van der Waals surface area contributed by atoms with E-state index >= 15 is 0 Å². The fourth-order valence-corrected chi connectivity index (χ4v) is 6.88. The van der Waals surface area contributed by atoms with Gasteiger partial charge in [0.05, 0.1) is 31.7 Å². The van der Waals surface area contributed by atoms with Crippen LogP contribution in [0.5, 0.6) is 11.5 Å². The van der Waals surface area contributed by atoms with Crippen LogP contribution >= 0.6 is 0 Å². The highest BCUT2D eigenvalue weighted by molar-refractivity contribution is 6.24. The second-order valence-electron chi connectivity index (χ2n) is 10.7. The summed E-state index contributed by atoms with van der Waals surface area (Å²) in [6.07, 6.45) is 4.26. The molecule has 3 aliphatic rings. The molecule has 4 aromatic carbocycles. The van der Waals surface area contributed by atoms with Gasteiger partial charge in [0.1, 0.15) is 11.5 Å². The molecule has 2 aliphatic carbocycles. The molecule has 2 bridgehead atoms. The van der Waals surface area contributed by atoms with E-state index in [1.165, 1.54) is 4.90 Å². The first-order valence-corrected chi connectivity index (χ1v) is 13.8. The number of para-hydroxylation sites is 1. The van der Waals surface area contributed by atoms with E-state index in [1.54, 1.807) is 14.2 Å². The van der Waals surface area contributed by atoms with Crippen LogP contribution in [0.15, 0.2) is 121 Å². The lowest BCUT2D eigenvalue weighted by Gasteiger charge is -2.23. The van der Waals surface area contributed by atoms with Crippen LogP contribution in [0.2, 0.25) is 0 Å². The Balaban J connectivity index is 1.33. The second kappa shape index (κ2) is 9.93. The molecule has 4 aromatic rings. The Morgan fingerprint density at radius 2 is 1.10 bits per heavy atom. The monoisotopic (exact) mass is 539 g/mol. The van der Waals surface area contributed by atoms with Crippen molar-refractivity contribution >= 4 is 23.1 Å². The van der Waals surface area contributed by atoms with E-state index in [0.29, 0.717) is 5.69 Å². The van der Waals surface area contributed by atoms with Gasteiger partial charge in [-0.05, 0) is 58.2 Å². The Morgan fingerprint density at radius 1 is 0.610 bits per heavy atom. The van der Waals surface area contributed by atoms with Gasteiger partial charge < -0.3 is 9.47 Å². The topological polar surface area (TPSA) is 55.8 Å². The van der Waals surface area contributed by atoms with Crippen molar-refractivity contribution in [2.24, 2.45) is 23.7 Å². The molecular formula is C36H29NO4. The largest absolute Gasteiger partial charge is 0.497 e. The van der Waals surface area contributed by atoms with Crippen molar-refractivity contribution in [1.29, 1.82) is 0 Å². The zero-order valence-corrected chi connectivity index (χ0v) is 22.9. The minimum absolute atomic E-state index is 0.124. The van der Waals surface area contributed by atoms with Gasteiger partial charge in [-0.15, -0.1) is 0 Å². The number of imide groups is 1. The normalized spacial score (nSPS) is 22.3. The minimum Gasteiger partial charge on any atom is -0.497 e. The summed E-state index contributed by atoms with van der Waals surface area (Å²) >= 11 is 0. The maximum atomic E-state index is 14.2. The van der Waals surface area contributed by atoms with E-state index in [-0.39, 0.29) is 23.7 Å². The molecule has 5 heteroatoms. The van der Waals surface area contributed by atoms with E-state index in [1.807, 2.05) is 103 Å². The molecule has 7 rings (SSSR count). The summed E-state index contributed by atoms with van der Waals surface area (Å²) in [6, 6.07) is 33.6. The van der Waals surface area contributed by atoms with E-state index in [2.05, 4.69) is 12.2 Å². The maximum absolute atomic E-state index is 14.2. The van der Waals surface area contributed by atoms with Crippen LogP contribution in [0.4, 0.5) is 5.69 Å². The number of carbonyl (C=O) groups is 2. The van der Waals surface area contributed by atoms with Gasteiger partial charge in [-0.1, -0.05) is 84.9 Å². The number of allylic oxidation sites excluding steroid dienone is 3. The van der Waals surface area contributed by atoms with E-state index in [4.69, 9.17) is 9.47 Å². The van der Waals surface area contributed by atoms with Gasteiger partial charge in [0, 0.05) is 17.4 Å². The van der Waals surface area contributed by atoms with Crippen LogP contribution in [-0.4, -0.2) is 26.0 Å². The quantitative estimate of drug-likeness (QED) is 0.200. The summed E-state index contributed by atoms with van der Waals surface area (Å²) in [6.45, 7) is 0. The highest BCUT2D eigenvalue weighted by atomic mass is 16.5. The Bertz CT molecular complexity index is 1620. The summed E-state index contributed by atoms with van der Waals surface area (Å²) in [7, 11) is 3.30. The van der Waals surface area contributed by atoms with Gasteiger partial charge in [-0.25, -0.2) is 4.90 Å². The lowest BCUT2D eigenvalue weighted by molar-refractivity contribution is -0.122. The third-order valence-corrected chi connectivity index (χ3v) is 8.69. The number of fused-ring (bicyclic) bond motifs is 5. The summed E-state index contributed by atoms with van der Waals surface area (Å²) < 4.78 is 10.8. The predicted molar refractivity (Wildman–Crippen MR) is 159 cm³/mol. The van der Waals surface area contributed by atoms with Crippen molar-refractivity contribution < 1.29 is 19.1 Å². The average molecular weight is 540 g/mol. The first kappa shape index (κ1) is 25.1. The molecule has 0 unspecified atom stereocenters. The van der Waals surface area contributed by atoms with Gasteiger partial charge >= 0.3 is 0 Å². The number of benzene rings is 4. The average Bonchev–Trinajstić information content (AvgIpc) is 3.67. The first-order chi connectivity index (χ1) is 20.1. The number of hydrogen-bond acceptors (Lipinski definition) is 4. The molecule has 1 saturated carbocycles. The smallest absolute Gasteiger partial charge is 0.238 e. The fraction of sp³-hybridized carbons (Fsp3) is 0.167. The molecule has 0 spiro atoms. The summed E-state index contributed by atoms with van der Waals surface area (Å²) in [5.41, 5.74) is 6.74. The number of carbonyl (C=O) groups excluding carboxylic acids is 2. The van der Waals surface area contributed by atoms with E-state index in [9.17, 15) is 9.59 Å². The minimum atomic E-state index is -0.428. The SMILES string of the molecule is COc1ccc(C(=C2[C@H]3C=C[C@H]2[C@H]2C(=O)N(c4ccccc4-c4ccccc4)C(=O)[C@@H]23)c2ccc(OC)cc2)cc1. The van der Waals surface area contributed by atoms with Crippen LogP contribution < -0.4 is 14.4 Å². The van der Waals surface area contributed by atoms with Crippen LogP contribution in [0, 0.1) is 23.7 Å². The molecule has 5 nitrogen and oxygen atoms in total. The number of anilines is 1. The Hall–Kier alpha value is -4.90. The highest BCUT2D eigenvalue weighted by Crippen LogP contribution is 2.59. The van der Waals surface area contributed by atoms with Gasteiger partial charge in [0.25, 0.3) is 0 Å². The zero-order chi connectivity index (χ0) is 28.1. The molecule has 0 aromatic heterocycles. The number of ether oxygens (including phenoxy) is 2. The van der Waals surface area contributed by atoms with Crippen molar-refractivity contribution in [2.45, 2.75) is 0 Å². The third-order valence-electron chi connectivity index (χ3n) is 8.69. The fourth-order valence-electron chi connectivity index (χ4n) is 6.88. The molecule has 4 atom stereocenters. The molecule has 41 heavy (non-hydrogen) atoms. The second-order valence-corrected chi connectivity index (χ2v) is 10.7. The van der Waals surface area contributed by atoms with E-state index < -0.39 is 11.8 Å². The van der Waals surface area contributed by atoms with Crippen LogP contribution in [0.3, 0.4) is 0 Å². The first-order valence-electron chi connectivity index (χ1n) is 13.8. The molecule has 0 radical (unpaired) electrons. The van der Waals surface area contributed by atoms with Gasteiger partial charge in [0.15, 0.2) is 0 Å². The van der Waals surface area contributed by atoms with E-state index in [0.717, 1.165) is 44.9 Å². The third kappa shape index (κ3) is 3.92. The molecule has 0 N–H and O–H groups in total. The summed E-state index contributed by atoms with van der Waals surface area (Å²) in [5, 5.41) is 0. The number of amides is 2. The van der Waals surface area contributed by atoms with Gasteiger partial charge in [0.2, 0.25) is 11.8 Å². The number of nitrogens with zero attached hydrogens (tertiary/aromatic N) is 1. The Kier molecular flexibility index (Phi) is 6.08. The Morgan fingerprint density at radius 3 is 1.61 bits per heavy atom. The standard InChI is InChI=1S/C36H29NO4/c1-40-25-16-12-23(13-17-25)31(24-14-18-26(41-2)19-15-24)32-28-20-21-29(32)34-33(28)35(38)37(36(34)39)30-11-7-6-10-27(30)22-8-4-3-5-9-22/h3-21,28-29,33-34H,1-2H3/t28-,29-,33-,34-/m1/s1. The van der Waals surface area contributed by atoms with Crippen LogP contribution in [-0.2, 0) is 9.59 Å². The summed E-state index contributed by atoms with van der Waals surface area (Å²) in [5.74, 6) is 0.128. The number of hydrogen-bond donors (Lipinski definition) is 0. The number of methoxy groups -OCH3 is 2. The molecule has 1 aliphatic heterocycles.